The fourth-order valence-electron chi connectivity index (χ4n) is 3.13. The van der Waals surface area contributed by atoms with Gasteiger partial charge < -0.3 is 4.90 Å². The maximum Gasteiger partial charge on any atom is 0.240 e. The van der Waals surface area contributed by atoms with Gasteiger partial charge >= 0.3 is 0 Å². The molecule has 3 unspecified atom stereocenters. The fourth-order valence-corrected chi connectivity index (χ4v) is 3.25. The normalized spacial score (nSPS) is 33.3. The van der Waals surface area contributed by atoms with Gasteiger partial charge in [0.05, 0.1) is 0 Å². The maximum absolute atomic E-state index is 11.9. The van der Waals surface area contributed by atoms with Gasteiger partial charge in [0.2, 0.25) is 5.91 Å². The predicted octanol–water partition coefficient (Wildman–Crippen LogP) is 2.79. The third-order valence-electron chi connectivity index (χ3n) is 3.87. The van der Waals surface area contributed by atoms with Crippen LogP contribution in [0.3, 0.4) is 0 Å². The molecule has 1 heterocycles. The summed E-state index contributed by atoms with van der Waals surface area (Å²) in [5.41, 5.74) is 0. The van der Waals surface area contributed by atoms with E-state index in [1.807, 2.05) is 0 Å². The van der Waals surface area contributed by atoms with Crippen LogP contribution in [0, 0.1) is 5.92 Å². The van der Waals surface area contributed by atoms with E-state index in [4.69, 9.17) is 11.6 Å². The molecule has 2 fully saturated rings. The van der Waals surface area contributed by atoms with Crippen LogP contribution in [0.25, 0.3) is 0 Å². The summed E-state index contributed by atoms with van der Waals surface area (Å²) in [4.78, 5) is 14.0. The monoisotopic (exact) mass is 229 g/mol. The molecule has 1 aliphatic heterocycles. The molecular weight excluding hydrogens is 210 g/mol. The molecule has 0 aromatic heterocycles. The van der Waals surface area contributed by atoms with Crippen molar-refractivity contribution in [3.05, 3.63) is 0 Å². The Morgan fingerprint density at radius 3 is 2.67 bits per heavy atom. The molecule has 86 valence electrons. The molecule has 3 atom stereocenters. The number of hydrogen-bond acceptors (Lipinski definition) is 1. The average molecular weight is 230 g/mol. The summed E-state index contributed by atoms with van der Waals surface area (Å²) >= 11 is 5.90. The highest BCUT2D eigenvalue weighted by molar-refractivity contribution is 6.30. The lowest BCUT2D eigenvalue weighted by molar-refractivity contribution is -0.136. The molecule has 1 saturated heterocycles. The summed E-state index contributed by atoms with van der Waals surface area (Å²) in [6.45, 7) is 2.72. The van der Waals surface area contributed by atoms with E-state index >= 15 is 0 Å². The second-order valence-corrected chi connectivity index (χ2v) is 5.56. The molecule has 3 heteroatoms. The molecule has 0 radical (unpaired) electrons. The Labute approximate surface area is 97.0 Å². The number of alkyl halides is 1. The first-order valence-corrected chi connectivity index (χ1v) is 6.58. The summed E-state index contributed by atoms with van der Waals surface area (Å²) in [5, 5.41) is -0.356. The average Bonchev–Trinajstić information content (AvgIpc) is 2.27. The lowest BCUT2D eigenvalue weighted by Crippen LogP contribution is -2.51. The molecular formula is C12H20ClNO. The third kappa shape index (κ3) is 2.30. The molecule has 0 N–H and O–H groups in total. The van der Waals surface area contributed by atoms with E-state index in [2.05, 4.69) is 4.90 Å². The summed E-state index contributed by atoms with van der Waals surface area (Å²) in [5.74, 6) is 0.903. The minimum absolute atomic E-state index is 0.147. The van der Waals surface area contributed by atoms with Crippen molar-refractivity contribution in [3.8, 4) is 0 Å². The number of halogens is 1. The standard InChI is InChI=1S/C12H20ClNO/c1-9(13)12(15)14-8-4-6-10-5-2-3-7-11(10)14/h9-11H,2-8H2,1H3. The fraction of sp³-hybridized carbons (Fsp3) is 0.917. The molecule has 0 aromatic rings. The van der Waals surface area contributed by atoms with Crippen molar-refractivity contribution in [2.75, 3.05) is 6.54 Å². The quantitative estimate of drug-likeness (QED) is 0.634. The Hall–Kier alpha value is -0.240. The van der Waals surface area contributed by atoms with Crippen LogP contribution in [0.1, 0.15) is 45.4 Å². The Balaban J connectivity index is 2.06. The summed E-state index contributed by atoms with van der Waals surface area (Å²) in [6.07, 6.45) is 7.61. The zero-order valence-corrected chi connectivity index (χ0v) is 10.2. The van der Waals surface area contributed by atoms with Crippen molar-refractivity contribution in [2.45, 2.75) is 56.9 Å². The molecule has 0 spiro atoms. The summed E-state index contributed by atoms with van der Waals surface area (Å²) < 4.78 is 0. The zero-order chi connectivity index (χ0) is 10.8. The maximum atomic E-state index is 11.9. The van der Waals surface area contributed by atoms with Gasteiger partial charge in [0, 0.05) is 12.6 Å². The van der Waals surface area contributed by atoms with Crippen LogP contribution in [0.2, 0.25) is 0 Å². The number of hydrogen-bond donors (Lipinski definition) is 0. The highest BCUT2D eigenvalue weighted by Crippen LogP contribution is 2.35. The molecule has 2 nitrogen and oxygen atoms in total. The number of nitrogens with zero attached hydrogens (tertiary/aromatic N) is 1. The number of piperidine rings is 1. The van der Waals surface area contributed by atoms with Crippen LogP contribution in [0.15, 0.2) is 0 Å². The Morgan fingerprint density at radius 1 is 1.27 bits per heavy atom. The van der Waals surface area contributed by atoms with Crippen molar-refractivity contribution in [3.63, 3.8) is 0 Å². The van der Waals surface area contributed by atoms with Gasteiger partial charge in [-0.1, -0.05) is 12.8 Å². The molecule has 1 amide bonds. The van der Waals surface area contributed by atoms with E-state index in [-0.39, 0.29) is 11.3 Å². The van der Waals surface area contributed by atoms with Crippen molar-refractivity contribution in [1.82, 2.24) is 4.90 Å². The van der Waals surface area contributed by atoms with Gasteiger partial charge in [0.1, 0.15) is 5.38 Å². The molecule has 1 aliphatic carbocycles. The van der Waals surface area contributed by atoms with Gasteiger partial charge in [-0.3, -0.25) is 4.79 Å². The number of carbonyl (C=O) groups excluding carboxylic acids is 1. The number of rotatable bonds is 1. The lowest BCUT2D eigenvalue weighted by Gasteiger charge is -2.44. The van der Waals surface area contributed by atoms with Crippen molar-refractivity contribution < 1.29 is 4.79 Å². The van der Waals surface area contributed by atoms with Crippen LogP contribution in [0.4, 0.5) is 0 Å². The van der Waals surface area contributed by atoms with E-state index in [0.29, 0.717) is 6.04 Å². The van der Waals surface area contributed by atoms with Gasteiger partial charge in [0.15, 0.2) is 0 Å². The first-order valence-electron chi connectivity index (χ1n) is 6.14. The van der Waals surface area contributed by atoms with Crippen LogP contribution in [0.5, 0.6) is 0 Å². The van der Waals surface area contributed by atoms with Crippen molar-refractivity contribution >= 4 is 17.5 Å². The highest BCUT2D eigenvalue weighted by atomic mass is 35.5. The van der Waals surface area contributed by atoms with Crippen LogP contribution in [-0.2, 0) is 4.79 Å². The van der Waals surface area contributed by atoms with Gasteiger partial charge in [-0.15, -0.1) is 11.6 Å². The second kappa shape index (κ2) is 4.73. The molecule has 15 heavy (non-hydrogen) atoms. The lowest BCUT2D eigenvalue weighted by atomic mass is 9.78. The second-order valence-electron chi connectivity index (χ2n) is 4.90. The highest BCUT2D eigenvalue weighted by Gasteiger charge is 2.36. The Bertz CT molecular complexity index is 240. The van der Waals surface area contributed by atoms with Crippen molar-refractivity contribution in [2.24, 2.45) is 5.92 Å². The van der Waals surface area contributed by atoms with Gasteiger partial charge in [-0.25, -0.2) is 0 Å². The topological polar surface area (TPSA) is 20.3 Å². The van der Waals surface area contributed by atoms with Crippen LogP contribution >= 0.6 is 11.6 Å². The van der Waals surface area contributed by atoms with Gasteiger partial charge in [-0.05, 0) is 38.5 Å². The molecule has 1 saturated carbocycles. The first-order chi connectivity index (χ1) is 7.20. The van der Waals surface area contributed by atoms with Crippen LogP contribution < -0.4 is 0 Å². The number of likely N-dealkylation sites (tertiary alicyclic amines) is 1. The Kier molecular flexibility index (Phi) is 3.55. The third-order valence-corrected chi connectivity index (χ3v) is 4.05. The largest absolute Gasteiger partial charge is 0.338 e. The minimum Gasteiger partial charge on any atom is -0.338 e. The van der Waals surface area contributed by atoms with E-state index in [1.54, 1.807) is 6.92 Å². The minimum atomic E-state index is -0.356. The van der Waals surface area contributed by atoms with Crippen molar-refractivity contribution in [1.29, 1.82) is 0 Å². The van der Waals surface area contributed by atoms with E-state index in [1.165, 1.54) is 32.1 Å². The first kappa shape index (κ1) is 11.3. The zero-order valence-electron chi connectivity index (χ0n) is 9.42. The van der Waals surface area contributed by atoms with E-state index in [9.17, 15) is 4.79 Å². The number of carbonyl (C=O) groups is 1. The van der Waals surface area contributed by atoms with Crippen LogP contribution in [-0.4, -0.2) is 28.8 Å². The summed E-state index contributed by atoms with van der Waals surface area (Å²) in [7, 11) is 0. The smallest absolute Gasteiger partial charge is 0.240 e. The predicted molar refractivity (Wildman–Crippen MR) is 62.0 cm³/mol. The van der Waals surface area contributed by atoms with Gasteiger partial charge in [-0.2, -0.15) is 0 Å². The number of fused-ring (bicyclic) bond motifs is 1. The number of amides is 1. The molecule has 2 aliphatic rings. The SMILES string of the molecule is CC(Cl)C(=O)N1CCCC2CCCCC21. The molecule has 0 aromatic carbocycles. The van der Waals surface area contributed by atoms with E-state index < -0.39 is 0 Å². The molecule has 2 rings (SSSR count). The van der Waals surface area contributed by atoms with E-state index in [0.717, 1.165) is 18.9 Å². The van der Waals surface area contributed by atoms with Gasteiger partial charge in [0.25, 0.3) is 0 Å². The molecule has 0 bridgehead atoms. The Morgan fingerprint density at radius 2 is 1.93 bits per heavy atom. The summed E-state index contributed by atoms with van der Waals surface area (Å²) in [6, 6.07) is 0.501.